The summed E-state index contributed by atoms with van der Waals surface area (Å²) in [5, 5.41) is 22.8. The van der Waals surface area contributed by atoms with Gasteiger partial charge in [-0.15, -0.1) is 0 Å². The number of hydrogen-bond acceptors (Lipinski definition) is 6. The van der Waals surface area contributed by atoms with Gasteiger partial charge in [0, 0.05) is 29.8 Å². The van der Waals surface area contributed by atoms with Crippen LogP contribution in [0.3, 0.4) is 0 Å². The lowest BCUT2D eigenvalue weighted by atomic mass is 9.89. The van der Waals surface area contributed by atoms with E-state index >= 15 is 0 Å². The number of carbonyl (C=O) groups is 1. The molecule has 1 saturated heterocycles. The minimum Gasteiger partial charge on any atom is -0.392 e. The predicted molar refractivity (Wildman–Crippen MR) is 167 cm³/mol. The van der Waals surface area contributed by atoms with Crippen molar-refractivity contribution in [3.63, 3.8) is 0 Å². The fraction of sp³-hybridized carbons (Fsp3) is 0.306. The molecular formula is C36H35F5N2O5. The number of amides is 1. The number of hydrogen-bond donors (Lipinski definition) is 3. The van der Waals surface area contributed by atoms with Gasteiger partial charge < -0.3 is 25.0 Å². The number of benzene rings is 4. The molecule has 254 valence electrons. The van der Waals surface area contributed by atoms with Crippen LogP contribution in [0.25, 0.3) is 0 Å². The van der Waals surface area contributed by atoms with Crippen molar-refractivity contribution in [2.45, 2.75) is 51.1 Å². The molecule has 0 unspecified atom stereocenters. The zero-order valence-electron chi connectivity index (χ0n) is 26.3. The summed E-state index contributed by atoms with van der Waals surface area (Å²) in [6.07, 6.45) is -2.74. The number of likely N-dealkylation sites (N-methyl/N-ethyl adjacent to an activating group) is 1. The molecule has 1 aliphatic rings. The van der Waals surface area contributed by atoms with Gasteiger partial charge in [0.05, 0.1) is 24.9 Å². The maximum Gasteiger partial charge on any atom is 0.261 e. The molecule has 4 aromatic carbocycles. The van der Waals surface area contributed by atoms with Gasteiger partial charge >= 0.3 is 0 Å². The molecule has 1 fully saturated rings. The van der Waals surface area contributed by atoms with E-state index in [9.17, 15) is 37.0 Å². The highest BCUT2D eigenvalue weighted by atomic mass is 19.2. The number of nitrogens with zero attached hydrogens (tertiary/aromatic N) is 1. The minimum absolute atomic E-state index is 0.00983. The van der Waals surface area contributed by atoms with Crippen LogP contribution in [0.1, 0.15) is 65.0 Å². The lowest BCUT2D eigenvalue weighted by molar-refractivity contribution is -0.276. The molecule has 4 aromatic rings. The molecule has 1 heterocycles. The molecule has 3 N–H and O–H groups in total. The number of halogens is 5. The van der Waals surface area contributed by atoms with Crippen LogP contribution < -0.4 is 5.32 Å². The van der Waals surface area contributed by atoms with E-state index in [1.807, 2.05) is 68.3 Å². The molecule has 12 heteroatoms. The molecule has 7 nitrogen and oxygen atoms in total. The molecule has 0 radical (unpaired) electrons. The lowest BCUT2D eigenvalue weighted by Gasteiger charge is -2.43. The van der Waals surface area contributed by atoms with Crippen molar-refractivity contribution >= 4 is 11.6 Å². The summed E-state index contributed by atoms with van der Waals surface area (Å²) in [7, 11) is 1.87. The Hall–Kier alpha value is -4.20. The molecule has 0 aliphatic carbocycles. The number of nitrogens with one attached hydrogen (secondary N) is 1. The van der Waals surface area contributed by atoms with Crippen LogP contribution in [-0.4, -0.2) is 46.8 Å². The van der Waals surface area contributed by atoms with E-state index in [-0.39, 0.29) is 24.3 Å². The van der Waals surface area contributed by atoms with Crippen LogP contribution in [0, 0.1) is 35.0 Å². The lowest BCUT2D eigenvalue weighted by Crippen LogP contribution is -2.46. The molecule has 1 amide bonds. The Labute approximate surface area is 274 Å². The van der Waals surface area contributed by atoms with Gasteiger partial charge in [-0.25, -0.2) is 22.0 Å². The van der Waals surface area contributed by atoms with Gasteiger partial charge in [-0.3, -0.25) is 9.69 Å². The molecule has 1 aliphatic heterocycles. The van der Waals surface area contributed by atoms with Crippen LogP contribution >= 0.6 is 0 Å². The second-order valence-corrected chi connectivity index (χ2v) is 11.9. The van der Waals surface area contributed by atoms with Crippen molar-refractivity contribution in [3.05, 3.63) is 136 Å². The van der Waals surface area contributed by atoms with Crippen molar-refractivity contribution in [3.8, 4) is 0 Å². The van der Waals surface area contributed by atoms with Gasteiger partial charge in [-0.2, -0.15) is 0 Å². The first-order valence-corrected chi connectivity index (χ1v) is 15.3. The maximum absolute atomic E-state index is 14.3. The SMILES string of the molecule is C[C@@H]1[C@H](CN(C)[C@H](C)[C@@H](O)c2ccccc2)O[C@H](c2cccc(NC(=O)c3c(F)c(F)c(F)c(F)c3F)c2)O[C@@H]1c1ccc(CO)cc1. The first-order chi connectivity index (χ1) is 22.9. The minimum atomic E-state index is -2.37. The zero-order chi connectivity index (χ0) is 34.7. The highest BCUT2D eigenvalue weighted by Crippen LogP contribution is 2.42. The highest BCUT2D eigenvalue weighted by Gasteiger charge is 2.40. The van der Waals surface area contributed by atoms with E-state index in [4.69, 9.17) is 9.47 Å². The Morgan fingerprint density at radius 3 is 2.10 bits per heavy atom. The topological polar surface area (TPSA) is 91.3 Å². The summed E-state index contributed by atoms with van der Waals surface area (Å²) in [5.74, 6) is -13.1. The molecule has 48 heavy (non-hydrogen) atoms. The van der Waals surface area contributed by atoms with Crippen LogP contribution in [0.4, 0.5) is 27.6 Å². The Morgan fingerprint density at radius 1 is 0.854 bits per heavy atom. The van der Waals surface area contributed by atoms with Gasteiger partial charge in [0.15, 0.2) is 29.6 Å². The van der Waals surface area contributed by atoms with E-state index in [2.05, 4.69) is 5.32 Å². The molecular weight excluding hydrogens is 635 g/mol. The van der Waals surface area contributed by atoms with Gasteiger partial charge in [0.25, 0.3) is 5.91 Å². The van der Waals surface area contributed by atoms with Crippen molar-refractivity contribution in [2.24, 2.45) is 5.92 Å². The van der Waals surface area contributed by atoms with E-state index < -0.39 is 65.2 Å². The van der Waals surface area contributed by atoms with Gasteiger partial charge in [0.1, 0.15) is 5.56 Å². The monoisotopic (exact) mass is 670 g/mol. The maximum atomic E-state index is 14.3. The number of anilines is 1. The third-order valence-electron chi connectivity index (χ3n) is 8.74. The van der Waals surface area contributed by atoms with E-state index in [1.54, 1.807) is 18.2 Å². The van der Waals surface area contributed by atoms with Crippen LogP contribution in [0.15, 0.2) is 78.9 Å². The summed E-state index contributed by atoms with van der Waals surface area (Å²) in [6.45, 7) is 4.12. The molecule has 5 rings (SSSR count). The smallest absolute Gasteiger partial charge is 0.261 e. The van der Waals surface area contributed by atoms with Gasteiger partial charge in [0.2, 0.25) is 5.82 Å². The second kappa shape index (κ2) is 14.9. The first-order valence-electron chi connectivity index (χ1n) is 15.3. The first kappa shape index (κ1) is 35.1. The predicted octanol–water partition coefficient (Wildman–Crippen LogP) is 6.97. The molecule has 6 atom stereocenters. The standard InChI is InChI=1S/C36H35F5N2O5/c1-19-26(17-43(3)20(2)33(45)22-8-5-4-6-9-22)47-36(48-34(19)23-14-12-21(18-44)13-15-23)24-10-7-11-25(16-24)42-35(46)27-28(37)30(39)32(41)31(40)29(27)38/h4-16,19-20,26,33-34,36,44-45H,17-18H2,1-3H3,(H,42,46)/t19-,20-,26+,33-,34+,36+/m1/s1. The second-order valence-electron chi connectivity index (χ2n) is 11.9. The van der Waals surface area contributed by atoms with E-state index in [0.29, 0.717) is 17.7 Å². The normalized spacial score (nSPS) is 20.8. The third kappa shape index (κ3) is 7.27. The van der Waals surface area contributed by atoms with Crippen molar-refractivity contribution < 1.29 is 46.4 Å². The van der Waals surface area contributed by atoms with Crippen molar-refractivity contribution in [1.29, 1.82) is 0 Å². The highest BCUT2D eigenvalue weighted by molar-refractivity contribution is 6.04. The Bertz CT molecular complexity index is 1710. The number of carbonyl (C=O) groups excluding carboxylic acids is 1. The van der Waals surface area contributed by atoms with Gasteiger partial charge in [-0.05, 0) is 42.8 Å². The molecule has 0 saturated carbocycles. The van der Waals surface area contributed by atoms with E-state index in [1.165, 1.54) is 18.2 Å². The Kier molecular flexibility index (Phi) is 10.9. The molecule has 0 bridgehead atoms. The Balaban J connectivity index is 1.41. The number of aliphatic hydroxyl groups excluding tert-OH is 2. The van der Waals surface area contributed by atoms with Crippen LogP contribution in [0.5, 0.6) is 0 Å². The number of aliphatic hydroxyl groups is 2. The Morgan fingerprint density at radius 2 is 1.48 bits per heavy atom. The summed E-state index contributed by atoms with van der Waals surface area (Å²) in [4.78, 5) is 14.7. The summed E-state index contributed by atoms with van der Waals surface area (Å²) >= 11 is 0. The molecule has 0 aromatic heterocycles. The average molecular weight is 671 g/mol. The summed E-state index contributed by atoms with van der Waals surface area (Å²) in [5.41, 5.74) is 1.07. The quantitative estimate of drug-likeness (QED) is 0.0960. The molecule has 0 spiro atoms. The average Bonchev–Trinajstić information content (AvgIpc) is 3.10. The number of rotatable bonds is 10. The van der Waals surface area contributed by atoms with E-state index in [0.717, 1.165) is 11.1 Å². The van der Waals surface area contributed by atoms with Crippen LogP contribution in [-0.2, 0) is 16.1 Å². The zero-order valence-corrected chi connectivity index (χ0v) is 26.3. The largest absolute Gasteiger partial charge is 0.392 e. The summed E-state index contributed by atoms with van der Waals surface area (Å²) < 4.78 is 82.6. The third-order valence-corrected chi connectivity index (χ3v) is 8.74. The number of ether oxygens (including phenoxy) is 2. The fourth-order valence-corrected chi connectivity index (χ4v) is 5.71. The van der Waals surface area contributed by atoms with Crippen molar-refractivity contribution in [2.75, 3.05) is 18.9 Å². The summed E-state index contributed by atoms with van der Waals surface area (Å²) in [6, 6.07) is 22.2. The van der Waals surface area contributed by atoms with Crippen molar-refractivity contribution in [1.82, 2.24) is 4.90 Å². The van der Waals surface area contributed by atoms with Crippen LogP contribution in [0.2, 0.25) is 0 Å². The van der Waals surface area contributed by atoms with Gasteiger partial charge in [-0.1, -0.05) is 73.7 Å². The fourth-order valence-electron chi connectivity index (χ4n) is 5.71.